The average molecular weight is 234 g/mol. The lowest BCUT2D eigenvalue weighted by molar-refractivity contribution is 0.676. The van der Waals surface area contributed by atoms with Gasteiger partial charge in [0.25, 0.3) is 0 Å². The predicted molar refractivity (Wildman–Crippen MR) is 47.8 cm³/mol. The predicted octanol–water partition coefficient (Wildman–Crippen LogP) is 3.75. The second-order valence-electron chi connectivity index (χ2n) is 2.22. The van der Waals surface area contributed by atoms with E-state index in [0.717, 1.165) is 24.6 Å². The van der Waals surface area contributed by atoms with Gasteiger partial charge in [-0.1, -0.05) is 15.9 Å². The van der Waals surface area contributed by atoms with E-state index >= 15 is 0 Å². The van der Waals surface area contributed by atoms with Crippen LogP contribution in [-0.2, 0) is 0 Å². The van der Waals surface area contributed by atoms with Gasteiger partial charge in [0.05, 0.1) is 0 Å². The van der Waals surface area contributed by atoms with Gasteiger partial charge in [-0.3, -0.25) is 0 Å². The minimum absolute atomic E-state index is 0.526. The molecule has 0 aromatic heterocycles. The molecule has 0 radical (unpaired) electrons. The molecule has 0 amide bonds. The number of alkyl halides is 3. The Bertz CT molecular complexity index is 67.9. The van der Waals surface area contributed by atoms with Gasteiger partial charge in [0.1, 0.15) is 4.33 Å². The molecule has 0 rings (SSSR count). The molecule has 0 heterocycles. The van der Waals surface area contributed by atoms with Crippen LogP contribution in [0.2, 0.25) is 0 Å². The Labute approximate surface area is 75.0 Å². The van der Waals surface area contributed by atoms with Gasteiger partial charge in [0.15, 0.2) is 0 Å². The van der Waals surface area contributed by atoms with E-state index in [1.807, 2.05) is 6.92 Å². The summed E-state index contributed by atoms with van der Waals surface area (Å²) in [6, 6.07) is 0. The first-order valence-corrected chi connectivity index (χ1v) is 4.88. The zero-order chi connectivity index (χ0) is 7.33. The fraction of sp³-hybridized carbons (Fsp3) is 1.00. The molecule has 9 heavy (non-hydrogen) atoms. The van der Waals surface area contributed by atoms with Gasteiger partial charge in [-0.15, -0.1) is 23.2 Å². The van der Waals surface area contributed by atoms with Gasteiger partial charge in [-0.25, -0.2) is 0 Å². The Balaban J connectivity index is 3.07. The summed E-state index contributed by atoms with van der Waals surface area (Å²) in [5.41, 5.74) is 0. The molecule has 0 saturated carbocycles. The van der Waals surface area contributed by atoms with Gasteiger partial charge in [-0.2, -0.15) is 0 Å². The number of halogens is 3. The topological polar surface area (TPSA) is 0 Å². The number of unbranched alkanes of at least 4 members (excludes halogenated alkanes) is 1. The summed E-state index contributed by atoms with van der Waals surface area (Å²) < 4.78 is -0.526. The third kappa shape index (κ3) is 9.06. The van der Waals surface area contributed by atoms with Crippen LogP contribution >= 0.6 is 39.1 Å². The van der Waals surface area contributed by atoms with E-state index in [0.29, 0.717) is 0 Å². The number of rotatable bonds is 4. The van der Waals surface area contributed by atoms with Crippen molar-refractivity contribution in [2.75, 3.05) is 5.33 Å². The van der Waals surface area contributed by atoms with E-state index in [-0.39, 0.29) is 0 Å². The van der Waals surface area contributed by atoms with E-state index in [2.05, 4.69) is 15.9 Å². The molecule has 0 atom stereocenters. The average Bonchev–Trinajstić information content (AvgIpc) is 1.63. The SMILES string of the molecule is CC(Cl)(Cl)CCCCBr. The Morgan fingerprint density at radius 3 is 2.22 bits per heavy atom. The Hall–Kier alpha value is 1.06. The molecule has 0 aromatic rings. The van der Waals surface area contributed by atoms with Crippen molar-refractivity contribution in [3.05, 3.63) is 0 Å². The fourth-order valence-corrected chi connectivity index (χ4v) is 1.19. The molecule has 0 aliphatic rings. The lowest BCUT2D eigenvalue weighted by atomic mass is 10.2. The highest BCUT2D eigenvalue weighted by Crippen LogP contribution is 2.26. The number of hydrogen-bond donors (Lipinski definition) is 0. The summed E-state index contributed by atoms with van der Waals surface area (Å²) in [5, 5.41) is 1.04. The summed E-state index contributed by atoms with van der Waals surface area (Å²) in [7, 11) is 0. The Morgan fingerprint density at radius 2 is 1.89 bits per heavy atom. The molecule has 0 saturated heterocycles. The van der Waals surface area contributed by atoms with Gasteiger partial charge in [-0.05, 0) is 26.2 Å². The van der Waals surface area contributed by atoms with Crippen molar-refractivity contribution in [2.24, 2.45) is 0 Å². The van der Waals surface area contributed by atoms with Crippen molar-refractivity contribution in [1.82, 2.24) is 0 Å². The van der Waals surface area contributed by atoms with Crippen molar-refractivity contribution >= 4 is 39.1 Å². The fourth-order valence-electron chi connectivity index (χ4n) is 0.530. The van der Waals surface area contributed by atoms with Crippen LogP contribution in [0.5, 0.6) is 0 Å². The monoisotopic (exact) mass is 232 g/mol. The summed E-state index contributed by atoms with van der Waals surface area (Å²) >= 11 is 14.8. The first kappa shape index (κ1) is 10.1. The van der Waals surface area contributed by atoms with Crippen molar-refractivity contribution in [3.63, 3.8) is 0 Å². The first-order chi connectivity index (χ1) is 4.06. The highest BCUT2D eigenvalue weighted by molar-refractivity contribution is 9.09. The van der Waals surface area contributed by atoms with Crippen molar-refractivity contribution in [1.29, 1.82) is 0 Å². The first-order valence-electron chi connectivity index (χ1n) is 3.00. The third-order valence-electron chi connectivity index (χ3n) is 0.999. The minimum Gasteiger partial charge on any atom is -0.102 e. The second kappa shape index (κ2) is 4.81. The summed E-state index contributed by atoms with van der Waals surface area (Å²) in [6.07, 6.45) is 3.12. The van der Waals surface area contributed by atoms with E-state index in [1.54, 1.807) is 0 Å². The molecule has 0 bridgehead atoms. The molecule has 56 valence electrons. The third-order valence-corrected chi connectivity index (χ3v) is 1.94. The smallest absolute Gasteiger partial charge is 0.102 e. The maximum Gasteiger partial charge on any atom is 0.115 e. The standard InChI is InChI=1S/C6H11BrCl2/c1-6(8,9)4-2-3-5-7/h2-5H2,1H3. The van der Waals surface area contributed by atoms with Crippen LogP contribution < -0.4 is 0 Å². The molecule has 0 aliphatic carbocycles. The van der Waals surface area contributed by atoms with E-state index < -0.39 is 4.33 Å². The zero-order valence-electron chi connectivity index (χ0n) is 5.46. The molecular weight excluding hydrogens is 223 g/mol. The summed E-state index contributed by atoms with van der Waals surface area (Å²) in [4.78, 5) is 0. The normalized spacial score (nSPS) is 12.0. The van der Waals surface area contributed by atoms with Crippen molar-refractivity contribution < 1.29 is 0 Å². The molecule has 0 spiro atoms. The maximum atomic E-state index is 5.72. The van der Waals surface area contributed by atoms with Crippen LogP contribution in [0.4, 0.5) is 0 Å². The lowest BCUT2D eigenvalue weighted by Crippen LogP contribution is -2.04. The van der Waals surface area contributed by atoms with Crippen LogP contribution in [0.15, 0.2) is 0 Å². The molecule has 3 heteroatoms. The van der Waals surface area contributed by atoms with Crippen molar-refractivity contribution in [3.8, 4) is 0 Å². The van der Waals surface area contributed by atoms with Crippen LogP contribution in [-0.4, -0.2) is 9.66 Å². The summed E-state index contributed by atoms with van der Waals surface area (Å²) in [6.45, 7) is 1.82. The van der Waals surface area contributed by atoms with Crippen LogP contribution in [0.1, 0.15) is 26.2 Å². The molecule has 0 aliphatic heterocycles. The molecule has 0 N–H and O–H groups in total. The minimum atomic E-state index is -0.526. The molecule has 0 nitrogen and oxygen atoms in total. The molecule has 0 fully saturated rings. The van der Waals surface area contributed by atoms with Gasteiger partial charge in [0, 0.05) is 5.33 Å². The van der Waals surface area contributed by atoms with E-state index in [4.69, 9.17) is 23.2 Å². The highest BCUT2D eigenvalue weighted by Gasteiger charge is 2.14. The molecular formula is C6H11BrCl2. The summed E-state index contributed by atoms with van der Waals surface area (Å²) in [5.74, 6) is 0. The van der Waals surface area contributed by atoms with Crippen molar-refractivity contribution in [2.45, 2.75) is 30.5 Å². The van der Waals surface area contributed by atoms with Gasteiger partial charge in [0.2, 0.25) is 0 Å². The second-order valence-corrected chi connectivity index (χ2v) is 4.87. The maximum absolute atomic E-state index is 5.72. The quantitative estimate of drug-likeness (QED) is 0.513. The highest BCUT2D eigenvalue weighted by atomic mass is 79.9. The van der Waals surface area contributed by atoms with E-state index in [9.17, 15) is 0 Å². The lowest BCUT2D eigenvalue weighted by Gasteiger charge is -2.10. The van der Waals surface area contributed by atoms with Crippen LogP contribution in [0.3, 0.4) is 0 Å². The van der Waals surface area contributed by atoms with Gasteiger partial charge < -0.3 is 0 Å². The Kier molecular flexibility index (Phi) is 5.38. The van der Waals surface area contributed by atoms with Crippen LogP contribution in [0, 0.1) is 0 Å². The Morgan fingerprint density at radius 1 is 1.33 bits per heavy atom. The molecule has 0 aromatic carbocycles. The van der Waals surface area contributed by atoms with Crippen LogP contribution in [0.25, 0.3) is 0 Å². The molecule has 0 unspecified atom stereocenters. The largest absolute Gasteiger partial charge is 0.115 e. The van der Waals surface area contributed by atoms with E-state index in [1.165, 1.54) is 0 Å². The number of hydrogen-bond acceptors (Lipinski definition) is 0. The van der Waals surface area contributed by atoms with Gasteiger partial charge >= 0.3 is 0 Å². The zero-order valence-corrected chi connectivity index (χ0v) is 8.56.